The van der Waals surface area contributed by atoms with Gasteiger partial charge in [0.2, 0.25) is 5.88 Å². The Morgan fingerprint density at radius 3 is 2.59 bits per heavy atom. The second kappa shape index (κ2) is 11.7. The number of aromatic nitrogens is 2. The van der Waals surface area contributed by atoms with E-state index in [9.17, 15) is 22.8 Å². The van der Waals surface area contributed by atoms with E-state index in [1.54, 1.807) is 19.2 Å². The molecule has 1 amide bonds. The van der Waals surface area contributed by atoms with Crippen molar-refractivity contribution >= 4 is 5.91 Å². The highest BCUT2D eigenvalue weighted by atomic mass is 19.4. The van der Waals surface area contributed by atoms with Crippen LogP contribution in [0.4, 0.5) is 13.2 Å². The Balaban J connectivity index is 1.21. The highest BCUT2D eigenvalue weighted by Gasteiger charge is 2.38. The predicted octanol–water partition coefficient (Wildman–Crippen LogP) is 3.89. The van der Waals surface area contributed by atoms with Gasteiger partial charge in [-0.15, -0.1) is 0 Å². The summed E-state index contributed by atoms with van der Waals surface area (Å²) in [5.74, 6) is 0.417. The molecule has 10 heteroatoms. The van der Waals surface area contributed by atoms with Crippen molar-refractivity contribution in [3.63, 3.8) is 0 Å². The van der Waals surface area contributed by atoms with Gasteiger partial charge in [0, 0.05) is 50.4 Å². The number of carbonyl (C=O) groups excluding carboxylic acids is 1. The van der Waals surface area contributed by atoms with Crippen molar-refractivity contribution in [1.82, 2.24) is 19.8 Å². The second-order valence-electron chi connectivity index (χ2n) is 10.2. The topological polar surface area (TPSA) is 76.5 Å². The summed E-state index contributed by atoms with van der Waals surface area (Å²) in [4.78, 5) is 31.2. The quantitative estimate of drug-likeness (QED) is 0.600. The molecule has 0 spiro atoms. The fraction of sp³-hybridized carbons (Fsp3) is 0.593. The maximum absolute atomic E-state index is 12.8. The maximum atomic E-state index is 12.8. The van der Waals surface area contributed by atoms with E-state index in [1.807, 2.05) is 6.07 Å². The molecule has 2 aromatic rings. The number of hydrogen-bond donors (Lipinski definition) is 1. The van der Waals surface area contributed by atoms with E-state index in [4.69, 9.17) is 4.74 Å². The van der Waals surface area contributed by atoms with Gasteiger partial charge in [-0.05, 0) is 69.5 Å². The van der Waals surface area contributed by atoms with Gasteiger partial charge in [-0.2, -0.15) is 13.2 Å². The van der Waals surface area contributed by atoms with Gasteiger partial charge in [0.15, 0.2) is 6.10 Å². The number of ether oxygens (including phenoxy) is 1. The molecule has 0 bridgehead atoms. The maximum Gasteiger partial charge on any atom is 0.425 e. The SMILES string of the molecule is C[C@@H](Oc1ccc2c(n1)CCN(CC[C@H]1CC[C@H](NC(=O)c3cccc(=O)n3C)CC1)CC2)C(F)(F)F. The fourth-order valence-corrected chi connectivity index (χ4v) is 5.16. The first-order valence-electron chi connectivity index (χ1n) is 13.0. The molecule has 2 aromatic heterocycles. The molecule has 7 nitrogen and oxygen atoms in total. The summed E-state index contributed by atoms with van der Waals surface area (Å²) in [5, 5.41) is 3.08. The number of alkyl halides is 3. The molecule has 2 aliphatic rings. The van der Waals surface area contributed by atoms with Gasteiger partial charge in [0.05, 0.1) is 0 Å². The molecule has 1 aliphatic carbocycles. The lowest BCUT2D eigenvalue weighted by Gasteiger charge is -2.31. The molecule has 1 saturated carbocycles. The number of rotatable bonds is 7. The average Bonchev–Trinajstić information content (AvgIpc) is 3.06. The smallest absolute Gasteiger partial charge is 0.425 e. The zero-order valence-corrected chi connectivity index (χ0v) is 21.4. The monoisotopic (exact) mass is 520 g/mol. The summed E-state index contributed by atoms with van der Waals surface area (Å²) in [6, 6.07) is 8.19. The molecule has 0 saturated heterocycles. The van der Waals surface area contributed by atoms with Crippen LogP contribution >= 0.6 is 0 Å². The number of carbonyl (C=O) groups is 1. The Hall–Kier alpha value is -2.88. The van der Waals surface area contributed by atoms with Crippen LogP contribution in [0.1, 0.15) is 60.8 Å². The van der Waals surface area contributed by atoms with Gasteiger partial charge in [0.25, 0.3) is 11.5 Å². The first-order valence-corrected chi connectivity index (χ1v) is 13.0. The summed E-state index contributed by atoms with van der Waals surface area (Å²) in [7, 11) is 1.60. The number of nitrogens with one attached hydrogen (secondary N) is 1. The van der Waals surface area contributed by atoms with Crippen molar-refractivity contribution in [3.05, 3.63) is 57.6 Å². The van der Waals surface area contributed by atoms with E-state index >= 15 is 0 Å². The Morgan fingerprint density at radius 1 is 1.14 bits per heavy atom. The lowest BCUT2D eigenvalue weighted by Crippen LogP contribution is -2.40. The third kappa shape index (κ3) is 7.12. The van der Waals surface area contributed by atoms with Crippen molar-refractivity contribution in [2.24, 2.45) is 13.0 Å². The first kappa shape index (κ1) is 27.2. The molecule has 1 aliphatic heterocycles. The van der Waals surface area contributed by atoms with Crippen molar-refractivity contribution in [3.8, 4) is 5.88 Å². The third-order valence-electron chi connectivity index (χ3n) is 7.62. The Kier molecular flexibility index (Phi) is 8.56. The van der Waals surface area contributed by atoms with Crippen molar-refractivity contribution in [1.29, 1.82) is 0 Å². The molecule has 0 radical (unpaired) electrons. The Labute approximate surface area is 215 Å². The number of amides is 1. The summed E-state index contributed by atoms with van der Waals surface area (Å²) in [5.41, 5.74) is 2.07. The molecular weight excluding hydrogens is 485 g/mol. The predicted molar refractivity (Wildman–Crippen MR) is 134 cm³/mol. The first-order chi connectivity index (χ1) is 17.6. The summed E-state index contributed by atoms with van der Waals surface area (Å²) < 4.78 is 44.8. The highest BCUT2D eigenvalue weighted by molar-refractivity contribution is 5.92. The largest absolute Gasteiger partial charge is 0.465 e. The molecule has 202 valence electrons. The number of halogens is 3. The second-order valence-corrected chi connectivity index (χ2v) is 10.2. The van der Waals surface area contributed by atoms with Crippen LogP contribution in [0.2, 0.25) is 0 Å². The summed E-state index contributed by atoms with van der Waals surface area (Å²) >= 11 is 0. The van der Waals surface area contributed by atoms with Gasteiger partial charge in [-0.3, -0.25) is 9.59 Å². The normalized spacial score (nSPS) is 21.5. The molecule has 1 N–H and O–H groups in total. The van der Waals surface area contributed by atoms with E-state index in [0.29, 0.717) is 18.0 Å². The van der Waals surface area contributed by atoms with Crippen LogP contribution in [0.15, 0.2) is 35.1 Å². The molecule has 0 aromatic carbocycles. The minimum absolute atomic E-state index is 0.0235. The van der Waals surface area contributed by atoms with E-state index < -0.39 is 12.3 Å². The average molecular weight is 521 g/mol. The van der Waals surface area contributed by atoms with Crippen LogP contribution in [0, 0.1) is 5.92 Å². The zero-order chi connectivity index (χ0) is 26.6. The van der Waals surface area contributed by atoms with Gasteiger partial charge < -0.3 is 19.5 Å². The summed E-state index contributed by atoms with van der Waals surface area (Å²) in [6.45, 7) is 3.67. The van der Waals surface area contributed by atoms with Gasteiger partial charge in [0.1, 0.15) is 5.69 Å². The van der Waals surface area contributed by atoms with Crippen LogP contribution in [0.3, 0.4) is 0 Å². The Morgan fingerprint density at radius 2 is 1.86 bits per heavy atom. The zero-order valence-electron chi connectivity index (χ0n) is 21.4. The Bertz CT molecular complexity index is 1140. The van der Waals surface area contributed by atoms with Crippen molar-refractivity contribution in [2.45, 2.75) is 70.2 Å². The molecule has 0 unspecified atom stereocenters. The van der Waals surface area contributed by atoms with Gasteiger partial charge in [-0.25, -0.2) is 4.98 Å². The van der Waals surface area contributed by atoms with Crippen LogP contribution < -0.4 is 15.6 Å². The number of nitrogens with zero attached hydrogens (tertiary/aromatic N) is 3. The van der Waals surface area contributed by atoms with Gasteiger partial charge >= 0.3 is 6.18 Å². The number of fused-ring (bicyclic) bond motifs is 1. The molecule has 4 rings (SSSR count). The molecule has 3 heterocycles. The standard InChI is InChI=1S/C27H35F3N4O3/c1-18(27(28,29)30)37-24-11-8-20-13-16-34(17-14-22(20)32-24)15-12-19-6-9-21(10-7-19)31-26(36)23-4-3-5-25(35)33(23)2/h3-5,8,11,18-19,21H,6-7,9-10,12-17H2,1-2H3,(H,31,36)/t18-,19-,21-/m1/s1. The number of pyridine rings is 2. The highest BCUT2D eigenvalue weighted by Crippen LogP contribution is 2.28. The van der Waals surface area contributed by atoms with E-state index in [1.165, 1.54) is 16.7 Å². The number of hydrogen-bond acceptors (Lipinski definition) is 5. The van der Waals surface area contributed by atoms with Crippen molar-refractivity contribution in [2.75, 3.05) is 19.6 Å². The lowest BCUT2D eigenvalue weighted by atomic mass is 9.84. The van der Waals surface area contributed by atoms with E-state index in [-0.39, 0.29) is 23.4 Å². The van der Waals surface area contributed by atoms with Crippen LogP contribution in [0.5, 0.6) is 5.88 Å². The lowest BCUT2D eigenvalue weighted by molar-refractivity contribution is -0.190. The molecular formula is C27H35F3N4O3. The van der Waals surface area contributed by atoms with E-state index in [2.05, 4.69) is 15.2 Å². The summed E-state index contributed by atoms with van der Waals surface area (Å²) in [6.07, 6.45) is 0.213. The third-order valence-corrected chi connectivity index (χ3v) is 7.62. The van der Waals surface area contributed by atoms with Crippen molar-refractivity contribution < 1.29 is 22.7 Å². The minimum Gasteiger partial charge on any atom is -0.465 e. The van der Waals surface area contributed by atoms with Crippen LogP contribution in [-0.4, -0.2) is 58.3 Å². The minimum atomic E-state index is -4.42. The van der Waals surface area contributed by atoms with Crippen LogP contribution in [0.25, 0.3) is 0 Å². The fourth-order valence-electron chi connectivity index (χ4n) is 5.16. The van der Waals surface area contributed by atoms with Crippen LogP contribution in [-0.2, 0) is 19.9 Å². The van der Waals surface area contributed by atoms with Gasteiger partial charge in [-0.1, -0.05) is 12.1 Å². The van der Waals surface area contributed by atoms with E-state index in [0.717, 1.165) is 76.3 Å². The molecule has 37 heavy (non-hydrogen) atoms. The molecule has 1 atom stereocenters. The molecule has 1 fully saturated rings.